The standard InChI is InChI=1S/C15H22O4.Na/c1-2-19-15(18)14-12(8-11(16)9-13(14)17)10-6-4-3-5-7-10;/h9-10,12,14,17H,2-8H2,1H3;/q;+1/p-1. The average molecular weight is 288 g/mol. The number of carbonyl (C=O) groups is 2. The van der Waals surface area contributed by atoms with Crippen LogP contribution in [0.25, 0.3) is 0 Å². The fourth-order valence-electron chi connectivity index (χ4n) is 3.39. The minimum Gasteiger partial charge on any atom is -0.875 e. The second kappa shape index (κ2) is 8.20. The van der Waals surface area contributed by atoms with Gasteiger partial charge in [0.2, 0.25) is 0 Å². The Kier molecular flexibility index (Phi) is 7.27. The maximum Gasteiger partial charge on any atom is 1.00 e. The van der Waals surface area contributed by atoms with Crippen LogP contribution in [0.5, 0.6) is 0 Å². The first-order chi connectivity index (χ1) is 9.13. The van der Waals surface area contributed by atoms with Gasteiger partial charge < -0.3 is 9.84 Å². The molecule has 20 heavy (non-hydrogen) atoms. The Hall–Kier alpha value is -0.320. The van der Waals surface area contributed by atoms with Gasteiger partial charge in [-0.2, -0.15) is 0 Å². The summed E-state index contributed by atoms with van der Waals surface area (Å²) in [7, 11) is 0. The minimum absolute atomic E-state index is 0. The average Bonchev–Trinajstić information content (AvgIpc) is 2.39. The van der Waals surface area contributed by atoms with Crippen molar-refractivity contribution in [1.29, 1.82) is 0 Å². The van der Waals surface area contributed by atoms with Crippen LogP contribution in [0.15, 0.2) is 11.8 Å². The fraction of sp³-hybridized carbons (Fsp3) is 0.733. The van der Waals surface area contributed by atoms with Gasteiger partial charge in [0.15, 0.2) is 5.78 Å². The maximum absolute atomic E-state index is 12.0. The third kappa shape index (κ3) is 4.09. The number of hydrogen-bond acceptors (Lipinski definition) is 4. The molecular formula is C15H21NaO4. The third-order valence-electron chi connectivity index (χ3n) is 4.27. The third-order valence-corrected chi connectivity index (χ3v) is 4.27. The van der Waals surface area contributed by atoms with Crippen molar-refractivity contribution >= 4 is 11.8 Å². The van der Waals surface area contributed by atoms with Gasteiger partial charge >= 0.3 is 35.5 Å². The molecule has 5 heteroatoms. The second-order valence-corrected chi connectivity index (χ2v) is 5.51. The van der Waals surface area contributed by atoms with Crippen LogP contribution in [-0.2, 0) is 14.3 Å². The summed E-state index contributed by atoms with van der Waals surface area (Å²) >= 11 is 0. The Balaban J connectivity index is 0.00000200. The molecule has 0 aromatic rings. The second-order valence-electron chi connectivity index (χ2n) is 5.51. The van der Waals surface area contributed by atoms with Gasteiger partial charge in [-0.3, -0.25) is 9.59 Å². The molecule has 4 nitrogen and oxygen atoms in total. The van der Waals surface area contributed by atoms with Gasteiger partial charge in [-0.15, -0.1) is 5.76 Å². The normalized spacial score (nSPS) is 27.4. The Bertz CT molecular complexity index is 385. The summed E-state index contributed by atoms with van der Waals surface area (Å²) in [5.41, 5.74) is 0. The van der Waals surface area contributed by atoms with Crippen LogP contribution in [-0.4, -0.2) is 18.4 Å². The minimum atomic E-state index is -0.749. The first-order valence-electron chi connectivity index (χ1n) is 7.21. The first-order valence-corrected chi connectivity index (χ1v) is 7.21. The number of allylic oxidation sites excluding steroid dienone is 1. The topological polar surface area (TPSA) is 66.4 Å². The molecule has 0 amide bonds. The summed E-state index contributed by atoms with van der Waals surface area (Å²) in [5, 5.41) is 12.0. The predicted octanol–water partition coefficient (Wildman–Crippen LogP) is -1.42. The van der Waals surface area contributed by atoms with E-state index in [-0.39, 0.29) is 53.6 Å². The molecule has 2 atom stereocenters. The van der Waals surface area contributed by atoms with E-state index in [4.69, 9.17) is 4.74 Å². The Labute approximate surface area is 142 Å². The van der Waals surface area contributed by atoms with E-state index in [2.05, 4.69) is 0 Å². The van der Waals surface area contributed by atoms with Crippen molar-refractivity contribution < 1.29 is 49.0 Å². The summed E-state index contributed by atoms with van der Waals surface area (Å²) in [4.78, 5) is 23.6. The van der Waals surface area contributed by atoms with Crippen molar-refractivity contribution in [2.75, 3.05) is 6.61 Å². The van der Waals surface area contributed by atoms with Gasteiger partial charge in [-0.05, 0) is 24.8 Å². The molecule has 0 aliphatic heterocycles. The zero-order valence-corrected chi connectivity index (χ0v) is 14.4. The first kappa shape index (κ1) is 17.7. The van der Waals surface area contributed by atoms with Crippen molar-refractivity contribution in [3.63, 3.8) is 0 Å². The maximum atomic E-state index is 12.0. The summed E-state index contributed by atoms with van der Waals surface area (Å²) in [6, 6.07) is 0. The molecule has 2 aliphatic carbocycles. The molecule has 0 N–H and O–H groups in total. The van der Waals surface area contributed by atoms with E-state index in [1.807, 2.05) is 0 Å². The van der Waals surface area contributed by atoms with Crippen LogP contribution in [0.1, 0.15) is 45.4 Å². The summed E-state index contributed by atoms with van der Waals surface area (Å²) in [6.07, 6.45) is 6.90. The molecule has 0 bridgehead atoms. The van der Waals surface area contributed by atoms with Crippen LogP contribution < -0.4 is 34.7 Å². The summed E-state index contributed by atoms with van der Waals surface area (Å²) in [6.45, 7) is 2.00. The van der Waals surface area contributed by atoms with E-state index >= 15 is 0 Å². The smallest absolute Gasteiger partial charge is 0.875 e. The summed E-state index contributed by atoms with van der Waals surface area (Å²) < 4.78 is 5.02. The van der Waals surface area contributed by atoms with E-state index in [0.29, 0.717) is 12.3 Å². The van der Waals surface area contributed by atoms with Crippen LogP contribution >= 0.6 is 0 Å². The number of hydrogen-bond donors (Lipinski definition) is 0. The molecule has 0 saturated heterocycles. The Morgan fingerprint density at radius 2 is 2.00 bits per heavy atom. The number of ketones is 1. The van der Waals surface area contributed by atoms with E-state index in [9.17, 15) is 14.7 Å². The largest absolute Gasteiger partial charge is 1.00 e. The molecule has 106 valence electrons. The molecule has 0 aromatic heterocycles. The van der Waals surface area contributed by atoms with Crippen molar-refractivity contribution in [3.8, 4) is 0 Å². The van der Waals surface area contributed by atoms with Crippen LogP contribution in [0.3, 0.4) is 0 Å². The quantitative estimate of drug-likeness (QED) is 0.472. The predicted molar refractivity (Wildman–Crippen MR) is 67.9 cm³/mol. The number of rotatable bonds is 3. The van der Waals surface area contributed by atoms with E-state index in [0.717, 1.165) is 31.8 Å². The summed E-state index contributed by atoms with van der Waals surface area (Å²) in [5.74, 6) is -1.53. The van der Waals surface area contributed by atoms with Gasteiger partial charge in [0.25, 0.3) is 0 Å². The van der Waals surface area contributed by atoms with Crippen molar-refractivity contribution in [2.24, 2.45) is 17.8 Å². The molecule has 2 aliphatic rings. The van der Waals surface area contributed by atoms with E-state index in [1.54, 1.807) is 6.92 Å². The van der Waals surface area contributed by atoms with Gasteiger partial charge in [-0.1, -0.05) is 32.1 Å². The zero-order chi connectivity index (χ0) is 13.8. The van der Waals surface area contributed by atoms with Crippen molar-refractivity contribution in [2.45, 2.75) is 45.4 Å². The van der Waals surface area contributed by atoms with E-state index < -0.39 is 11.9 Å². The van der Waals surface area contributed by atoms with Gasteiger partial charge in [0.05, 0.1) is 12.5 Å². The molecule has 2 unspecified atom stereocenters. The van der Waals surface area contributed by atoms with Gasteiger partial charge in [-0.25, -0.2) is 0 Å². The van der Waals surface area contributed by atoms with Gasteiger partial charge in [0, 0.05) is 6.42 Å². The molecule has 1 saturated carbocycles. The Morgan fingerprint density at radius 3 is 2.60 bits per heavy atom. The van der Waals surface area contributed by atoms with Gasteiger partial charge in [0.1, 0.15) is 0 Å². The monoisotopic (exact) mass is 288 g/mol. The van der Waals surface area contributed by atoms with E-state index in [1.165, 1.54) is 6.42 Å². The molecule has 0 aromatic carbocycles. The van der Waals surface area contributed by atoms with Crippen LogP contribution in [0.2, 0.25) is 0 Å². The molecule has 0 heterocycles. The fourth-order valence-corrected chi connectivity index (χ4v) is 3.39. The number of carbonyl (C=O) groups excluding carboxylic acids is 2. The van der Waals surface area contributed by atoms with Crippen molar-refractivity contribution in [3.05, 3.63) is 11.8 Å². The van der Waals surface area contributed by atoms with Crippen LogP contribution in [0.4, 0.5) is 0 Å². The molecule has 1 fully saturated rings. The number of ether oxygens (including phenoxy) is 1. The van der Waals surface area contributed by atoms with Crippen LogP contribution in [0, 0.1) is 17.8 Å². The Morgan fingerprint density at radius 1 is 1.35 bits per heavy atom. The molecule has 0 radical (unpaired) electrons. The van der Waals surface area contributed by atoms with Crippen molar-refractivity contribution in [1.82, 2.24) is 0 Å². The zero-order valence-electron chi connectivity index (χ0n) is 12.4. The molecule has 0 spiro atoms. The molecular weight excluding hydrogens is 267 g/mol. The number of esters is 1. The SMILES string of the molecule is CCOC(=O)C1C([O-])=CC(=O)CC1C1CCCCC1.[Na+]. The molecule has 2 rings (SSSR count).